The number of nitrogens with two attached hydrogens (primary N) is 1. The van der Waals surface area contributed by atoms with E-state index < -0.39 is 29.6 Å². The summed E-state index contributed by atoms with van der Waals surface area (Å²) in [6.07, 6.45) is -1.14. The Bertz CT molecular complexity index is 245. The van der Waals surface area contributed by atoms with Crippen LogP contribution in [0, 0.1) is 0 Å². The van der Waals surface area contributed by atoms with E-state index in [-0.39, 0.29) is 6.42 Å². The molecule has 0 aromatic heterocycles. The lowest BCUT2D eigenvalue weighted by Crippen LogP contribution is -2.50. The predicted molar refractivity (Wildman–Crippen MR) is 54.1 cm³/mol. The maximum absolute atomic E-state index is 11.3. The largest absolute Gasteiger partial charge is 0.480 e. The zero-order valence-corrected chi connectivity index (χ0v) is 9.15. The van der Waals surface area contributed by atoms with Gasteiger partial charge in [0, 0.05) is 12.0 Å². The van der Waals surface area contributed by atoms with Crippen LogP contribution in [-0.4, -0.2) is 39.8 Å². The van der Waals surface area contributed by atoms with Crippen LogP contribution in [0.1, 0.15) is 27.2 Å². The molecule has 0 aliphatic rings. The quantitative estimate of drug-likeness (QED) is 0.476. The van der Waals surface area contributed by atoms with Crippen LogP contribution in [0.5, 0.6) is 0 Å². The average molecular weight is 218 g/mol. The number of amides is 1. The Morgan fingerprint density at radius 2 is 1.93 bits per heavy atom. The summed E-state index contributed by atoms with van der Waals surface area (Å²) >= 11 is 0. The third-order valence-corrected chi connectivity index (χ3v) is 1.68. The molecule has 0 unspecified atom stereocenters. The van der Waals surface area contributed by atoms with Crippen LogP contribution in [-0.2, 0) is 9.59 Å². The highest BCUT2D eigenvalue weighted by Gasteiger charge is 2.26. The van der Waals surface area contributed by atoms with Gasteiger partial charge in [0.2, 0.25) is 5.91 Å². The minimum atomic E-state index is -1.29. The second-order valence-electron chi connectivity index (χ2n) is 4.29. The van der Waals surface area contributed by atoms with Crippen molar-refractivity contribution < 1.29 is 19.8 Å². The van der Waals surface area contributed by atoms with Gasteiger partial charge in [-0.3, -0.25) is 4.79 Å². The van der Waals surface area contributed by atoms with Crippen molar-refractivity contribution in [1.29, 1.82) is 0 Å². The molecular weight excluding hydrogens is 200 g/mol. The molecule has 6 heteroatoms. The van der Waals surface area contributed by atoms with Crippen LogP contribution in [0.4, 0.5) is 0 Å². The second-order valence-corrected chi connectivity index (χ2v) is 4.29. The van der Waals surface area contributed by atoms with E-state index in [1.807, 2.05) is 0 Å². The van der Waals surface area contributed by atoms with Crippen molar-refractivity contribution in [1.82, 2.24) is 5.32 Å². The van der Waals surface area contributed by atoms with Gasteiger partial charge in [0.25, 0.3) is 0 Å². The lowest BCUT2D eigenvalue weighted by atomic mass is 10.0. The summed E-state index contributed by atoms with van der Waals surface area (Å²) in [7, 11) is 0. The molecule has 1 amide bonds. The van der Waals surface area contributed by atoms with Crippen molar-refractivity contribution in [3.05, 3.63) is 0 Å². The predicted octanol–water partition coefficient (Wildman–Crippen LogP) is -0.936. The lowest BCUT2D eigenvalue weighted by molar-refractivity contribution is -0.144. The second kappa shape index (κ2) is 5.09. The molecule has 0 fully saturated rings. The number of aliphatic carboxylic acids is 1. The molecule has 0 radical (unpaired) electrons. The first kappa shape index (κ1) is 13.9. The fourth-order valence-corrected chi connectivity index (χ4v) is 1.03. The summed E-state index contributed by atoms with van der Waals surface area (Å²) in [4.78, 5) is 21.9. The standard InChI is InChI=1S/C9H18N2O4/c1-5(12)7(8(14)15)11-6(13)4-9(2,3)10/h5,7,12H,4,10H2,1-3H3,(H,11,13)(H,14,15)/t5-,7+/m1/s1. The van der Waals surface area contributed by atoms with E-state index in [2.05, 4.69) is 5.32 Å². The first-order valence-electron chi connectivity index (χ1n) is 4.62. The zero-order chi connectivity index (χ0) is 12.2. The number of carboxylic acid groups (broad SMARTS) is 1. The van der Waals surface area contributed by atoms with Crippen LogP contribution in [0.25, 0.3) is 0 Å². The van der Waals surface area contributed by atoms with E-state index in [1.54, 1.807) is 13.8 Å². The van der Waals surface area contributed by atoms with E-state index in [0.717, 1.165) is 0 Å². The first-order valence-corrected chi connectivity index (χ1v) is 4.62. The Labute approximate surface area is 88.5 Å². The number of aliphatic hydroxyl groups is 1. The highest BCUT2D eigenvalue weighted by Crippen LogP contribution is 2.04. The number of hydrogen-bond donors (Lipinski definition) is 4. The monoisotopic (exact) mass is 218 g/mol. The molecule has 0 spiro atoms. The molecule has 0 heterocycles. The van der Waals surface area contributed by atoms with Gasteiger partial charge in [0.05, 0.1) is 6.10 Å². The Balaban J connectivity index is 4.31. The van der Waals surface area contributed by atoms with Gasteiger partial charge < -0.3 is 21.3 Å². The number of nitrogens with one attached hydrogen (secondary N) is 1. The molecule has 0 aromatic rings. The fraction of sp³-hybridized carbons (Fsp3) is 0.778. The average Bonchev–Trinajstić information content (AvgIpc) is 1.95. The number of aliphatic hydroxyl groups excluding tert-OH is 1. The van der Waals surface area contributed by atoms with Crippen molar-refractivity contribution >= 4 is 11.9 Å². The van der Waals surface area contributed by atoms with Gasteiger partial charge in [-0.1, -0.05) is 0 Å². The minimum absolute atomic E-state index is 0.00347. The molecule has 88 valence electrons. The molecule has 0 saturated carbocycles. The Hall–Kier alpha value is -1.14. The number of carbonyl (C=O) groups is 2. The fourth-order valence-electron chi connectivity index (χ4n) is 1.03. The molecule has 15 heavy (non-hydrogen) atoms. The third kappa shape index (κ3) is 6.03. The zero-order valence-electron chi connectivity index (χ0n) is 9.15. The Morgan fingerprint density at radius 1 is 1.47 bits per heavy atom. The van der Waals surface area contributed by atoms with Crippen LogP contribution >= 0.6 is 0 Å². The normalized spacial score (nSPS) is 15.5. The number of hydrogen-bond acceptors (Lipinski definition) is 4. The van der Waals surface area contributed by atoms with Crippen molar-refractivity contribution in [3.63, 3.8) is 0 Å². The topological polar surface area (TPSA) is 113 Å². The molecule has 0 aliphatic carbocycles. The van der Waals surface area contributed by atoms with E-state index >= 15 is 0 Å². The van der Waals surface area contributed by atoms with Gasteiger partial charge in [-0.2, -0.15) is 0 Å². The highest BCUT2D eigenvalue weighted by molar-refractivity contribution is 5.84. The highest BCUT2D eigenvalue weighted by atomic mass is 16.4. The summed E-state index contributed by atoms with van der Waals surface area (Å²) < 4.78 is 0. The Morgan fingerprint density at radius 3 is 2.20 bits per heavy atom. The van der Waals surface area contributed by atoms with Gasteiger partial charge in [0.15, 0.2) is 6.04 Å². The van der Waals surface area contributed by atoms with Gasteiger partial charge in [0.1, 0.15) is 0 Å². The van der Waals surface area contributed by atoms with Crippen molar-refractivity contribution in [2.45, 2.75) is 44.9 Å². The van der Waals surface area contributed by atoms with Crippen LogP contribution in [0.15, 0.2) is 0 Å². The summed E-state index contributed by atoms with van der Waals surface area (Å²) in [6.45, 7) is 4.61. The summed E-state index contributed by atoms with van der Waals surface area (Å²) in [5, 5.41) is 20.0. The van der Waals surface area contributed by atoms with Crippen molar-refractivity contribution in [2.75, 3.05) is 0 Å². The van der Waals surface area contributed by atoms with Crippen LogP contribution in [0.3, 0.4) is 0 Å². The molecule has 0 aromatic carbocycles. The van der Waals surface area contributed by atoms with E-state index in [1.165, 1.54) is 6.92 Å². The maximum Gasteiger partial charge on any atom is 0.328 e. The number of carboxylic acids is 1. The Kier molecular flexibility index (Phi) is 4.70. The molecule has 0 rings (SSSR count). The van der Waals surface area contributed by atoms with E-state index in [0.29, 0.717) is 0 Å². The third-order valence-electron chi connectivity index (χ3n) is 1.68. The lowest BCUT2D eigenvalue weighted by Gasteiger charge is -2.21. The van der Waals surface area contributed by atoms with Crippen LogP contribution in [0.2, 0.25) is 0 Å². The van der Waals surface area contributed by atoms with Gasteiger partial charge in [-0.25, -0.2) is 4.79 Å². The number of carbonyl (C=O) groups excluding carboxylic acids is 1. The molecule has 2 atom stereocenters. The summed E-state index contributed by atoms with van der Waals surface area (Å²) in [5.74, 6) is -1.76. The van der Waals surface area contributed by atoms with E-state index in [4.69, 9.17) is 15.9 Å². The molecular formula is C9H18N2O4. The van der Waals surface area contributed by atoms with Crippen molar-refractivity contribution in [3.8, 4) is 0 Å². The smallest absolute Gasteiger partial charge is 0.328 e. The van der Waals surface area contributed by atoms with Gasteiger partial charge >= 0.3 is 5.97 Å². The van der Waals surface area contributed by atoms with Gasteiger partial charge in [-0.15, -0.1) is 0 Å². The first-order chi connectivity index (χ1) is 6.63. The van der Waals surface area contributed by atoms with Gasteiger partial charge in [-0.05, 0) is 20.8 Å². The minimum Gasteiger partial charge on any atom is -0.480 e. The van der Waals surface area contributed by atoms with E-state index in [9.17, 15) is 9.59 Å². The summed E-state index contributed by atoms with van der Waals surface area (Å²) in [5.41, 5.74) is 4.89. The SMILES string of the molecule is C[C@@H](O)[C@H](NC(=O)CC(C)(C)N)C(=O)O. The van der Waals surface area contributed by atoms with Crippen LogP contribution < -0.4 is 11.1 Å². The molecule has 0 saturated heterocycles. The molecule has 5 N–H and O–H groups in total. The molecule has 0 bridgehead atoms. The summed E-state index contributed by atoms with van der Waals surface area (Å²) in [6, 6.07) is -1.29. The van der Waals surface area contributed by atoms with Crippen molar-refractivity contribution in [2.24, 2.45) is 5.73 Å². The molecule has 6 nitrogen and oxygen atoms in total. The number of rotatable bonds is 5. The molecule has 0 aliphatic heterocycles. The maximum atomic E-state index is 11.3.